The van der Waals surface area contributed by atoms with Crippen molar-refractivity contribution in [3.05, 3.63) is 67.0 Å². The summed E-state index contributed by atoms with van der Waals surface area (Å²) in [7, 11) is 3.26. The fourth-order valence-electron chi connectivity index (χ4n) is 4.09. The summed E-state index contributed by atoms with van der Waals surface area (Å²) in [6.07, 6.45) is 9.53. The summed E-state index contributed by atoms with van der Waals surface area (Å²) in [4.78, 5) is 16.6. The molecule has 2 heterocycles. The van der Waals surface area contributed by atoms with Crippen molar-refractivity contribution in [2.45, 2.75) is 26.8 Å². The van der Waals surface area contributed by atoms with Gasteiger partial charge in [0.25, 0.3) is 0 Å². The number of imidazole rings is 1. The molecular formula is C28H31N3O5. The molecule has 0 aliphatic carbocycles. The molecule has 0 saturated heterocycles. The maximum Gasteiger partial charge on any atom is 0.244 e. The van der Waals surface area contributed by atoms with E-state index in [0.717, 1.165) is 40.6 Å². The number of allylic oxidation sites excluding steroid dienone is 1. The third-order valence-corrected chi connectivity index (χ3v) is 5.90. The number of ether oxygens (including phenoxy) is 3. The van der Waals surface area contributed by atoms with E-state index in [4.69, 9.17) is 18.6 Å². The van der Waals surface area contributed by atoms with Gasteiger partial charge in [0.15, 0.2) is 0 Å². The highest BCUT2D eigenvalue weighted by Gasteiger charge is 2.18. The number of hydrogen-bond donors (Lipinski definition) is 1. The van der Waals surface area contributed by atoms with Crippen LogP contribution in [-0.4, -0.2) is 42.8 Å². The third kappa shape index (κ3) is 5.54. The molecule has 8 nitrogen and oxygen atoms in total. The summed E-state index contributed by atoms with van der Waals surface area (Å²) in [6, 6.07) is 9.50. The number of aromatic nitrogens is 2. The van der Waals surface area contributed by atoms with Crippen LogP contribution in [0.1, 0.15) is 25.8 Å². The number of benzene rings is 2. The molecule has 1 amide bonds. The number of fused-ring (bicyclic) bond motifs is 1. The monoisotopic (exact) mass is 489 g/mol. The molecule has 0 saturated carbocycles. The number of carbonyl (C=O) groups excluding carboxylic acids is 1. The number of aryl methyl sites for hydroxylation is 1. The molecule has 4 rings (SSSR count). The maximum absolute atomic E-state index is 12.6. The number of hydrogen-bond acceptors (Lipinski definition) is 6. The Morgan fingerprint density at radius 3 is 2.72 bits per heavy atom. The van der Waals surface area contributed by atoms with Gasteiger partial charge in [0.2, 0.25) is 5.91 Å². The standard InChI is InChI=1S/C28H31N3O5/c1-5-35-26-16-27-23(24(17-36-27)22-14-20(33-3)7-8-25(22)34-4)15-21(26)19(2)13-28(32)30-9-6-11-31-12-10-29-18-31/h7-8,10,12-18H,5-6,9,11H2,1-4H3,(H,30,32)/b19-13+. The van der Waals surface area contributed by atoms with Crippen molar-refractivity contribution in [3.8, 4) is 28.4 Å². The second kappa shape index (κ2) is 11.5. The first-order valence-electron chi connectivity index (χ1n) is 11.9. The molecule has 36 heavy (non-hydrogen) atoms. The van der Waals surface area contributed by atoms with Crippen molar-refractivity contribution >= 4 is 22.4 Å². The quantitative estimate of drug-likeness (QED) is 0.227. The third-order valence-electron chi connectivity index (χ3n) is 5.90. The van der Waals surface area contributed by atoms with Crippen molar-refractivity contribution in [1.82, 2.24) is 14.9 Å². The first-order chi connectivity index (χ1) is 17.5. The lowest BCUT2D eigenvalue weighted by Gasteiger charge is -2.13. The van der Waals surface area contributed by atoms with Gasteiger partial charge in [0.1, 0.15) is 22.8 Å². The molecule has 0 fully saturated rings. The zero-order chi connectivity index (χ0) is 25.5. The van der Waals surface area contributed by atoms with Gasteiger partial charge in [0, 0.05) is 59.7 Å². The van der Waals surface area contributed by atoms with E-state index < -0.39 is 0 Å². The number of methoxy groups -OCH3 is 2. The Bertz CT molecular complexity index is 1360. The van der Waals surface area contributed by atoms with Crippen molar-refractivity contribution in [3.63, 3.8) is 0 Å². The predicted molar refractivity (Wildman–Crippen MR) is 139 cm³/mol. The summed E-state index contributed by atoms with van der Waals surface area (Å²) in [6.45, 7) is 5.68. The molecule has 0 spiro atoms. The second-order valence-corrected chi connectivity index (χ2v) is 8.27. The normalized spacial score (nSPS) is 11.5. The Morgan fingerprint density at radius 2 is 2.00 bits per heavy atom. The van der Waals surface area contributed by atoms with Crippen molar-refractivity contribution in [1.29, 1.82) is 0 Å². The smallest absolute Gasteiger partial charge is 0.244 e. The average molecular weight is 490 g/mol. The molecule has 188 valence electrons. The molecule has 0 bridgehead atoms. The zero-order valence-corrected chi connectivity index (χ0v) is 21.0. The second-order valence-electron chi connectivity index (χ2n) is 8.27. The van der Waals surface area contributed by atoms with E-state index in [9.17, 15) is 4.79 Å². The Kier molecular flexibility index (Phi) is 7.95. The Morgan fingerprint density at radius 1 is 1.14 bits per heavy atom. The van der Waals surface area contributed by atoms with Crippen LogP contribution < -0.4 is 19.5 Å². The van der Waals surface area contributed by atoms with Gasteiger partial charge in [-0.25, -0.2) is 4.98 Å². The van der Waals surface area contributed by atoms with Crippen LogP contribution in [0.2, 0.25) is 0 Å². The number of rotatable bonds is 11. The van der Waals surface area contributed by atoms with Crippen LogP contribution in [0.15, 0.2) is 65.8 Å². The molecule has 2 aromatic carbocycles. The minimum Gasteiger partial charge on any atom is -0.497 e. The lowest BCUT2D eigenvalue weighted by molar-refractivity contribution is -0.116. The molecule has 0 unspecified atom stereocenters. The molecule has 0 aliphatic rings. The van der Waals surface area contributed by atoms with Crippen LogP contribution in [0.25, 0.3) is 27.7 Å². The van der Waals surface area contributed by atoms with Gasteiger partial charge < -0.3 is 28.5 Å². The van der Waals surface area contributed by atoms with Gasteiger partial charge in [-0.2, -0.15) is 0 Å². The van der Waals surface area contributed by atoms with Crippen LogP contribution in [0.5, 0.6) is 17.2 Å². The van der Waals surface area contributed by atoms with Crippen molar-refractivity contribution in [2.24, 2.45) is 0 Å². The van der Waals surface area contributed by atoms with Gasteiger partial charge in [-0.1, -0.05) is 0 Å². The molecule has 4 aromatic rings. The van der Waals surface area contributed by atoms with E-state index in [0.29, 0.717) is 36.0 Å². The van der Waals surface area contributed by atoms with E-state index in [1.165, 1.54) is 0 Å². The SMILES string of the molecule is CCOc1cc2occ(-c3cc(OC)ccc3OC)c2cc1/C(C)=C/C(=O)NCCCn1ccnc1. The Balaban J connectivity index is 1.62. The Hall–Kier alpha value is -4.20. The number of nitrogens with zero attached hydrogens (tertiary/aromatic N) is 2. The summed E-state index contributed by atoms with van der Waals surface area (Å²) >= 11 is 0. The summed E-state index contributed by atoms with van der Waals surface area (Å²) in [5.74, 6) is 1.93. The predicted octanol–water partition coefficient (Wildman–Crippen LogP) is 5.32. The highest BCUT2D eigenvalue weighted by molar-refractivity contribution is 6.01. The van der Waals surface area contributed by atoms with Crippen molar-refractivity contribution < 1.29 is 23.4 Å². The van der Waals surface area contributed by atoms with Gasteiger partial charge in [-0.15, -0.1) is 0 Å². The fourth-order valence-corrected chi connectivity index (χ4v) is 4.09. The topological polar surface area (TPSA) is 87.7 Å². The average Bonchev–Trinajstić information content (AvgIpc) is 3.55. The van der Waals surface area contributed by atoms with Gasteiger partial charge in [-0.05, 0) is 50.1 Å². The highest BCUT2D eigenvalue weighted by atomic mass is 16.5. The van der Waals surface area contributed by atoms with Crippen LogP contribution in [-0.2, 0) is 11.3 Å². The van der Waals surface area contributed by atoms with E-state index in [-0.39, 0.29) is 5.91 Å². The lowest BCUT2D eigenvalue weighted by atomic mass is 9.98. The number of amides is 1. The Labute approximate surface area is 210 Å². The zero-order valence-electron chi connectivity index (χ0n) is 21.0. The van der Waals surface area contributed by atoms with Gasteiger partial charge >= 0.3 is 0 Å². The fraction of sp³-hybridized carbons (Fsp3) is 0.286. The molecule has 8 heteroatoms. The first-order valence-corrected chi connectivity index (χ1v) is 11.9. The van der Waals surface area contributed by atoms with Crippen molar-refractivity contribution in [2.75, 3.05) is 27.4 Å². The summed E-state index contributed by atoms with van der Waals surface area (Å²) < 4.78 is 24.8. The van der Waals surface area contributed by atoms with Crippen LogP contribution in [0.3, 0.4) is 0 Å². The highest BCUT2D eigenvalue weighted by Crippen LogP contribution is 2.41. The van der Waals surface area contributed by atoms with Crippen LogP contribution >= 0.6 is 0 Å². The minimum atomic E-state index is -0.150. The number of carbonyl (C=O) groups is 1. The maximum atomic E-state index is 12.6. The van der Waals surface area contributed by atoms with E-state index in [1.807, 2.05) is 54.9 Å². The molecule has 0 aliphatic heterocycles. The van der Waals surface area contributed by atoms with E-state index in [2.05, 4.69) is 10.3 Å². The molecule has 1 N–H and O–H groups in total. The van der Waals surface area contributed by atoms with E-state index >= 15 is 0 Å². The first kappa shape index (κ1) is 24.9. The van der Waals surface area contributed by atoms with E-state index in [1.54, 1.807) is 39.1 Å². The number of nitrogens with one attached hydrogen (secondary N) is 1. The molecule has 2 aromatic heterocycles. The number of furan rings is 1. The van der Waals surface area contributed by atoms with Gasteiger partial charge in [0.05, 0.1) is 33.4 Å². The van der Waals surface area contributed by atoms with Crippen LogP contribution in [0, 0.1) is 0 Å². The molecule has 0 radical (unpaired) electrons. The minimum absolute atomic E-state index is 0.150. The largest absolute Gasteiger partial charge is 0.497 e. The summed E-state index contributed by atoms with van der Waals surface area (Å²) in [5.41, 5.74) is 4.00. The lowest BCUT2D eigenvalue weighted by Crippen LogP contribution is -2.23. The van der Waals surface area contributed by atoms with Gasteiger partial charge in [-0.3, -0.25) is 4.79 Å². The van der Waals surface area contributed by atoms with Crippen LogP contribution in [0.4, 0.5) is 0 Å². The molecular weight excluding hydrogens is 458 g/mol. The molecule has 0 atom stereocenters. The summed E-state index contributed by atoms with van der Waals surface area (Å²) in [5, 5.41) is 3.84.